The standard InChI is InChI=1S/C25H20ClF4NO5S/c1-14(24(32)33)10-17-13-31(37(34,35)18-5-2-4-16(12-18)25(28,29)30)21-11-15(8-9-22(21)36-17)19-6-3-7-20(26)23(19)27/h2-9,11-12,14,17H,10,13H2,1H3,(H,32,33)/t14-,17+/m1/s1. The van der Waals surface area contributed by atoms with E-state index in [0.717, 1.165) is 22.5 Å². The second-order valence-corrected chi connectivity index (χ2v) is 10.8. The van der Waals surface area contributed by atoms with Crippen molar-refractivity contribution < 1.29 is 40.6 Å². The average Bonchev–Trinajstić information content (AvgIpc) is 2.84. The molecular formula is C25H20ClF4NO5S. The van der Waals surface area contributed by atoms with E-state index in [4.69, 9.17) is 16.3 Å². The third-order valence-electron chi connectivity index (χ3n) is 5.94. The van der Waals surface area contributed by atoms with Crippen molar-refractivity contribution in [3.8, 4) is 16.9 Å². The molecule has 0 amide bonds. The number of rotatable bonds is 6. The van der Waals surface area contributed by atoms with Gasteiger partial charge in [-0.2, -0.15) is 13.2 Å². The zero-order valence-corrected chi connectivity index (χ0v) is 20.7. The summed E-state index contributed by atoms with van der Waals surface area (Å²) in [6, 6.07) is 11.8. The van der Waals surface area contributed by atoms with Gasteiger partial charge in [-0.25, -0.2) is 12.8 Å². The number of hydrogen-bond donors (Lipinski definition) is 1. The molecule has 196 valence electrons. The van der Waals surface area contributed by atoms with Crippen LogP contribution in [0, 0.1) is 11.7 Å². The van der Waals surface area contributed by atoms with Crippen LogP contribution in [0.25, 0.3) is 11.1 Å². The molecule has 1 aliphatic heterocycles. The maximum atomic E-state index is 14.7. The molecule has 12 heteroatoms. The molecule has 1 aliphatic rings. The predicted octanol–water partition coefficient (Wildman–Crippen LogP) is 6.23. The molecule has 0 spiro atoms. The molecule has 0 aliphatic carbocycles. The number of carbonyl (C=O) groups is 1. The first kappa shape index (κ1) is 26.7. The van der Waals surface area contributed by atoms with Crippen molar-refractivity contribution >= 4 is 33.3 Å². The van der Waals surface area contributed by atoms with E-state index >= 15 is 0 Å². The minimum absolute atomic E-state index is 0.0338. The van der Waals surface area contributed by atoms with Crippen LogP contribution >= 0.6 is 11.6 Å². The molecule has 0 aromatic heterocycles. The van der Waals surface area contributed by atoms with Gasteiger partial charge in [-0.05, 0) is 48.4 Å². The molecule has 4 rings (SSSR count). The molecule has 1 N–H and O–H groups in total. The Morgan fingerprint density at radius 2 is 1.86 bits per heavy atom. The molecule has 0 saturated heterocycles. The molecular weight excluding hydrogens is 538 g/mol. The highest BCUT2D eigenvalue weighted by molar-refractivity contribution is 7.92. The molecule has 0 saturated carbocycles. The van der Waals surface area contributed by atoms with Gasteiger partial charge >= 0.3 is 12.1 Å². The minimum Gasteiger partial charge on any atom is -0.486 e. The molecule has 6 nitrogen and oxygen atoms in total. The van der Waals surface area contributed by atoms with Gasteiger partial charge in [0.2, 0.25) is 0 Å². The minimum atomic E-state index is -4.77. The maximum Gasteiger partial charge on any atom is 0.416 e. The highest BCUT2D eigenvalue weighted by atomic mass is 35.5. The Labute approximate surface area is 215 Å². The van der Waals surface area contributed by atoms with Gasteiger partial charge in [0, 0.05) is 5.56 Å². The van der Waals surface area contributed by atoms with Crippen molar-refractivity contribution in [1.82, 2.24) is 0 Å². The Hall–Kier alpha value is -3.31. The summed E-state index contributed by atoms with van der Waals surface area (Å²) in [6.45, 7) is 1.06. The van der Waals surface area contributed by atoms with Crippen molar-refractivity contribution in [1.29, 1.82) is 0 Å². The van der Waals surface area contributed by atoms with Crippen molar-refractivity contribution in [2.45, 2.75) is 30.5 Å². The van der Waals surface area contributed by atoms with Gasteiger partial charge in [0.15, 0.2) is 0 Å². The number of carboxylic acids is 1. The molecule has 0 unspecified atom stereocenters. The van der Waals surface area contributed by atoms with E-state index in [1.807, 2.05) is 0 Å². The van der Waals surface area contributed by atoms with Crippen LogP contribution in [0.5, 0.6) is 5.75 Å². The molecule has 2 atom stereocenters. The van der Waals surface area contributed by atoms with E-state index in [1.165, 1.54) is 43.3 Å². The van der Waals surface area contributed by atoms with E-state index < -0.39 is 50.5 Å². The third-order valence-corrected chi connectivity index (χ3v) is 8.01. The molecule has 0 fully saturated rings. The topological polar surface area (TPSA) is 83.9 Å². The van der Waals surface area contributed by atoms with E-state index in [9.17, 15) is 35.9 Å². The normalized spacial score (nSPS) is 16.6. The van der Waals surface area contributed by atoms with Crippen LogP contribution in [0.1, 0.15) is 18.9 Å². The monoisotopic (exact) mass is 557 g/mol. The van der Waals surface area contributed by atoms with E-state index in [-0.39, 0.29) is 40.6 Å². The summed E-state index contributed by atoms with van der Waals surface area (Å²) in [6.07, 6.45) is -5.74. The fourth-order valence-corrected chi connectivity index (χ4v) is 5.73. The van der Waals surface area contributed by atoms with Crippen molar-refractivity contribution in [2.75, 3.05) is 10.8 Å². The van der Waals surface area contributed by atoms with E-state index in [0.29, 0.717) is 6.07 Å². The molecule has 0 bridgehead atoms. The van der Waals surface area contributed by atoms with Crippen molar-refractivity contribution in [2.24, 2.45) is 5.92 Å². The largest absolute Gasteiger partial charge is 0.486 e. The van der Waals surface area contributed by atoms with Crippen molar-refractivity contribution in [3.05, 3.63) is 77.1 Å². The first-order valence-corrected chi connectivity index (χ1v) is 12.8. The summed E-state index contributed by atoms with van der Waals surface area (Å²) < 4.78 is 88.6. The van der Waals surface area contributed by atoms with Crippen LogP contribution in [0.4, 0.5) is 23.2 Å². The number of carboxylic acid groups (broad SMARTS) is 1. The number of alkyl halides is 3. The number of benzene rings is 3. The smallest absolute Gasteiger partial charge is 0.416 e. The molecule has 0 radical (unpaired) electrons. The number of anilines is 1. The number of fused-ring (bicyclic) bond motifs is 1. The Bertz CT molecular complexity index is 1460. The number of halogens is 5. The first-order chi connectivity index (χ1) is 17.3. The van der Waals surface area contributed by atoms with E-state index in [2.05, 4.69) is 0 Å². The first-order valence-electron chi connectivity index (χ1n) is 11.0. The fraction of sp³-hybridized carbons (Fsp3) is 0.240. The second kappa shape index (κ2) is 9.86. The number of aliphatic carboxylic acids is 1. The highest BCUT2D eigenvalue weighted by Crippen LogP contribution is 2.42. The highest BCUT2D eigenvalue weighted by Gasteiger charge is 2.38. The average molecular weight is 558 g/mol. The van der Waals surface area contributed by atoms with Crippen LogP contribution in [-0.2, 0) is 21.0 Å². The lowest BCUT2D eigenvalue weighted by Gasteiger charge is -2.36. The van der Waals surface area contributed by atoms with Gasteiger partial charge in [-0.15, -0.1) is 0 Å². The summed E-state index contributed by atoms with van der Waals surface area (Å²) in [7, 11) is -4.58. The summed E-state index contributed by atoms with van der Waals surface area (Å²) in [5.41, 5.74) is -0.848. The van der Waals surface area contributed by atoms with Crippen LogP contribution in [0.2, 0.25) is 5.02 Å². The summed E-state index contributed by atoms with van der Waals surface area (Å²) in [5.74, 6) is -2.69. The molecule has 1 heterocycles. The maximum absolute atomic E-state index is 14.7. The predicted molar refractivity (Wildman–Crippen MR) is 129 cm³/mol. The van der Waals surface area contributed by atoms with Gasteiger partial charge < -0.3 is 9.84 Å². The quantitative estimate of drug-likeness (QED) is 0.363. The summed E-state index contributed by atoms with van der Waals surface area (Å²) in [4.78, 5) is 10.8. The Morgan fingerprint density at radius 1 is 1.16 bits per heavy atom. The van der Waals surface area contributed by atoms with E-state index in [1.54, 1.807) is 0 Å². The number of nitrogens with zero attached hydrogens (tertiary/aromatic N) is 1. The third kappa shape index (κ3) is 5.37. The second-order valence-electron chi connectivity index (χ2n) is 8.56. The number of ether oxygens (including phenoxy) is 1. The fourth-order valence-electron chi connectivity index (χ4n) is 4.01. The van der Waals surface area contributed by atoms with Crippen LogP contribution in [-0.4, -0.2) is 32.1 Å². The Balaban J connectivity index is 1.84. The SMILES string of the molecule is C[C@H](C[C@H]1CN(S(=O)(=O)c2cccc(C(F)(F)F)c2)c2cc(-c3cccc(Cl)c3F)ccc2O1)C(=O)O. The lowest BCUT2D eigenvalue weighted by Crippen LogP contribution is -2.44. The van der Waals surface area contributed by atoms with Gasteiger partial charge in [0.1, 0.15) is 17.7 Å². The van der Waals surface area contributed by atoms with Crippen LogP contribution in [0.3, 0.4) is 0 Å². The van der Waals surface area contributed by atoms with Gasteiger partial charge in [-0.1, -0.05) is 42.8 Å². The van der Waals surface area contributed by atoms with Crippen LogP contribution < -0.4 is 9.04 Å². The summed E-state index contributed by atoms with van der Waals surface area (Å²) in [5, 5.41) is 9.14. The Morgan fingerprint density at radius 3 is 2.54 bits per heavy atom. The number of hydrogen-bond acceptors (Lipinski definition) is 4. The Kier molecular flexibility index (Phi) is 7.13. The lowest BCUT2D eigenvalue weighted by molar-refractivity contribution is -0.142. The van der Waals surface area contributed by atoms with Crippen LogP contribution in [0.15, 0.2) is 65.6 Å². The molecule has 3 aromatic rings. The summed E-state index contributed by atoms with van der Waals surface area (Å²) >= 11 is 5.89. The molecule has 37 heavy (non-hydrogen) atoms. The lowest BCUT2D eigenvalue weighted by atomic mass is 10.0. The van der Waals surface area contributed by atoms with Gasteiger partial charge in [0.25, 0.3) is 10.0 Å². The van der Waals surface area contributed by atoms with Crippen molar-refractivity contribution in [3.63, 3.8) is 0 Å². The number of sulfonamides is 1. The zero-order chi connectivity index (χ0) is 27.1. The molecule has 3 aromatic carbocycles. The zero-order valence-electron chi connectivity index (χ0n) is 19.2. The van der Waals surface area contributed by atoms with Gasteiger partial charge in [-0.3, -0.25) is 9.10 Å². The van der Waals surface area contributed by atoms with Gasteiger partial charge in [0.05, 0.1) is 33.6 Å².